The van der Waals surface area contributed by atoms with Crippen LogP contribution in [0.1, 0.15) is 0 Å². The lowest BCUT2D eigenvalue weighted by atomic mass is 9.87. The van der Waals surface area contributed by atoms with E-state index in [-0.39, 0.29) is 0 Å². The summed E-state index contributed by atoms with van der Waals surface area (Å²) in [7, 11) is 0. The standard InChI is InChI=1S/C72H48N2O/c1-2-19-50(20-3-1)58-25-4-6-27-61(58)63-29-8-9-30-64(63)62-28-7-5-26-59(62)51-41-45-55(46-42-51)73(56-23-17-22-53(48-56)60-34-18-35-68-67-33-12-15-38-71(67)75-72(60)68)54-43-39-49(40-44-54)52-21-16-24-57(47-52)74-69-36-13-10-31-65(69)66-32-11-14-37-70(66)74/h1-48H. The average Bonchev–Trinajstić information content (AvgIpc) is 4.06. The first kappa shape index (κ1) is 43.8. The Morgan fingerprint density at radius 2 is 0.693 bits per heavy atom. The first-order chi connectivity index (χ1) is 37.2. The van der Waals surface area contributed by atoms with E-state index in [4.69, 9.17) is 4.42 Å². The van der Waals surface area contributed by atoms with Gasteiger partial charge in [-0.25, -0.2) is 0 Å². The van der Waals surface area contributed by atoms with E-state index in [0.29, 0.717) is 0 Å². The van der Waals surface area contributed by atoms with Crippen molar-refractivity contribution in [2.45, 2.75) is 0 Å². The monoisotopic (exact) mass is 956 g/mol. The SMILES string of the molecule is c1ccc(-c2ccccc2-c2ccccc2-c2ccccc2-c2ccc(N(c3ccc(-c4cccc(-n5c6ccccc6c6ccccc65)c4)cc3)c3cccc(-c4cccc5c4oc4ccccc45)c3)cc2)cc1. The zero-order valence-electron chi connectivity index (χ0n) is 41.0. The van der Waals surface area contributed by atoms with Crippen LogP contribution in [0.4, 0.5) is 17.1 Å². The highest BCUT2D eigenvalue weighted by atomic mass is 16.3. The molecule has 0 aliphatic carbocycles. The molecule has 0 radical (unpaired) electrons. The van der Waals surface area contributed by atoms with Crippen LogP contribution in [-0.2, 0) is 0 Å². The summed E-state index contributed by atoms with van der Waals surface area (Å²) >= 11 is 0. The van der Waals surface area contributed by atoms with Crippen molar-refractivity contribution >= 4 is 60.8 Å². The quantitative estimate of drug-likeness (QED) is 0.136. The van der Waals surface area contributed by atoms with Crippen molar-refractivity contribution in [3.05, 3.63) is 291 Å². The van der Waals surface area contributed by atoms with E-state index in [1.807, 2.05) is 12.1 Å². The summed E-state index contributed by atoms with van der Waals surface area (Å²) in [6.07, 6.45) is 0. The Morgan fingerprint density at radius 1 is 0.253 bits per heavy atom. The molecule has 0 fully saturated rings. The Labute approximate surface area is 436 Å². The Morgan fingerprint density at radius 3 is 1.33 bits per heavy atom. The molecule has 0 saturated heterocycles. The van der Waals surface area contributed by atoms with E-state index in [1.165, 1.54) is 60.8 Å². The fourth-order valence-electron chi connectivity index (χ4n) is 11.4. The van der Waals surface area contributed by atoms with Gasteiger partial charge in [0.2, 0.25) is 0 Å². The van der Waals surface area contributed by atoms with Gasteiger partial charge in [0, 0.05) is 49.9 Å². The summed E-state index contributed by atoms with van der Waals surface area (Å²) in [5, 5.41) is 4.74. The van der Waals surface area contributed by atoms with Crippen molar-refractivity contribution < 1.29 is 4.42 Å². The third kappa shape index (κ3) is 7.78. The molecular formula is C72H48N2O. The maximum absolute atomic E-state index is 6.58. The highest BCUT2D eigenvalue weighted by Gasteiger charge is 2.20. The highest BCUT2D eigenvalue weighted by molar-refractivity contribution is 6.10. The van der Waals surface area contributed by atoms with Gasteiger partial charge in [-0.05, 0) is 128 Å². The number of rotatable bonds is 10. The highest BCUT2D eigenvalue weighted by Crippen LogP contribution is 2.44. The van der Waals surface area contributed by atoms with Crippen LogP contribution in [0.2, 0.25) is 0 Å². The van der Waals surface area contributed by atoms with E-state index in [9.17, 15) is 0 Å². The number of hydrogen-bond acceptors (Lipinski definition) is 2. The minimum Gasteiger partial charge on any atom is -0.455 e. The van der Waals surface area contributed by atoms with Crippen molar-refractivity contribution in [2.75, 3.05) is 4.90 Å². The molecule has 352 valence electrons. The minimum atomic E-state index is 0.889. The lowest BCUT2D eigenvalue weighted by molar-refractivity contribution is 0.670. The number of benzene rings is 12. The van der Waals surface area contributed by atoms with Crippen LogP contribution < -0.4 is 4.90 Å². The van der Waals surface area contributed by atoms with Crippen molar-refractivity contribution in [1.82, 2.24) is 4.57 Å². The Kier molecular flexibility index (Phi) is 10.8. The molecule has 0 aliphatic rings. The molecule has 3 heteroatoms. The molecule has 0 spiro atoms. The lowest BCUT2D eigenvalue weighted by Crippen LogP contribution is -2.10. The summed E-state index contributed by atoms with van der Waals surface area (Å²) in [6.45, 7) is 0. The minimum absolute atomic E-state index is 0.889. The third-order valence-electron chi connectivity index (χ3n) is 14.8. The van der Waals surface area contributed by atoms with Gasteiger partial charge in [-0.1, -0.05) is 224 Å². The van der Waals surface area contributed by atoms with Crippen LogP contribution in [0.3, 0.4) is 0 Å². The number of anilines is 3. The van der Waals surface area contributed by atoms with E-state index in [0.717, 1.165) is 72.5 Å². The predicted molar refractivity (Wildman–Crippen MR) is 315 cm³/mol. The maximum atomic E-state index is 6.58. The van der Waals surface area contributed by atoms with Crippen molar-refractivity contribution in [1.29, 1.82) is 0 Å². The average molecular weight is 957 g/mol. The smallest absolute Gasteiger partial charge is 0.143 e. The molecule has 75 heavy (non-hydrogen) atoms. The van der Waals surface area contributed by atoms with Gasteiger partial charge in [-0.3, -0.25) is 0 Å². The molecule has 0 bridgehead atoms. The summed E-state index contributed by atoms with van der Waals surface area (Å²) in [5.74, 6) is 0. The van der Waals surface area contributed by atoms with Crippen LogP contribution >= 0.6 is 0 Å². The second-order valence-corrected chi connectivity index (χ2v) is 19.2. The fraction of sp³-hybridized carbons (Fsp3) is 0. The van der Waals surface area contributed by atoms with Gasteiger partial charge < -0.3 is 13.9 Å². The Bertz CT molecular complexity index is 4360. The molecular weight excluding hydrogens is 909 g/mol. The van der Waals surface area contributed by atoms with Gasteiger partial charge in [0.05, 0.1) is 11.0 Å². The summed E-state index contributed by atoms with van der Waals surface area (Å²) in [5.41, 5.74) is 22.4. The van der Waals surface area contributed by atoms with Crippen LogP contribution in [0, 0.1) is 0 Å². The van der Waals surface area contributed by atoms with E-state index in [1.54, 1.807) is 0 Å². The number of fused-ring (bicyclic) bond motifs is 6. The van der Waals surface area contributed by atoms with E-state index >= 15 is 0 Å². The van der Waals surface area contributed by atoms with Crippen molar-refractivity contribution in [3.63, 3.8) is 0 Å². The van der Waals surface area contributed by atoms with Gasteiger partial charge >= 0.3 is 0 Å². The largest absolute Gasteiger partial charge is 0.455 e. The Balaban J connectivity index is 0.863. The van der Waals surface area contributed by atoms with Crippen LogP contribution in [0.15, 0.2) is 296 Å². The number of para-hydroxylation sites is 4. The number of nitrogens with zero attached hydrogens (tertiary/aromatic N) is 2. The topological polar surface area (TPSA) is 21.3 Å². The van der Waals surface area contributed by atoms with Gasteiger partial charge in [-0.2, -0.15) is 0 Å². The van der Waals surface area contributed by atoms with Crippen LogP contribution in [0.25, 0.3) is 116 Å². The predicted octanol–water partition coefficient (Wildman–Crippen LogP) is 20.2. The molecule has 2 aromatic heterocycles. The Hall–Kier alpha value is -9.96. The fourth-order valence-corrected chi connectivity index (χ4v) is 11.4. The molecule has 12 aromatic carbocycles. The number of furan rings is 1. The third-order valence-corrected chi connectivity index (χ3v) is 14.8. The zero-order valence-corrected chi connectivity index (χ0v) is 41.0. The van der Waals surface area contributed by atoms with Gasteiger partial charge in [0.1, 0.15) is 11.2 Å². The molecule has 3 nitrogen and oxygen atoms in total. The van der Waals surface area contributed by atoms with Crippen molar-refractivity contribution in [3.8, 4) is 72.4 Å². The van der Waals surface area contributed by atoms with Crippen molar-refractivity contribution in [2.24, 2.45) is 0 Å². The molecule has 0 N–H and O–H groups in total. The lowest BCUT2D eigenvalue weighted by Gasteiger charge is -2.26. The zero-order chi connectivity index (χ0) is 49.7. The number of hydrogen-bond donors (Lipinski definition) is 0. The first-order valence-corrected chi connectivity index (χ1v) is 25.7. The molecule has 0 aliphatic heterocycles. The summed E-state index contributed by atoms with van der Waals surface area (Å²) < 4.78 is 8.96. The van der Waals surface area contributed by atoms with Crippen LogP contribution in [0.5, 0.6) is 0 Å². The van der Waals surface area contributed by atoms with Gasteiger partial charge in [0.15, 0.2) is 0 Å². The van der Waals surface area contributed by atoms with E-state index < -0.39 is 0 Å². The molecule has 0 unspecified atom stereocenters. The van der Waals surface area contributed by atoms with Gasteiger partial charge in [0.25, 0.3) is 0 Å². The number of aromatic nitrogens is 1. The molecule has 0 saturated carbocycles. The molecule has 14 aromatic rings. The second-order valence-electron chi connectivity index (χ2n) is 19.2. The normalized spacial score (nSPS) is 11.5. The van der Waals surface area contributed by atoms with E-state index in [2.05, 4.69) is 289 Å². The maximum Gasteiger partial charge on any atom is 0.143 e. The first-order valence-electron chi connectivity index (χ1n) is 25.7. The summed E-state index contributed by atoms with van der Waals surface area (Å²) in [6, 6.07) is 105. The molecule has 2 heterocycles. The van der Waals surface area contributed by atoms with Crippen LogP contribution in [-0.4, -0.2) is 4.57 Å². The molecule has 0 atom stereocenters. The van der Waals surface area contributed by atoms with Gasteiger partial charge in [-0.15, -0.1) is 0 Å². The second kappa shape index (κ2) is 18.6. The molecule has 0 amide bonds. The summed E-state index contributed by atoms with van der Waals surface area (Å²) in [4.78, 5) is 2.37. The molecule has 14 rings (SSSR count).